The highest BCUT2D eigenvalue weighted by molar-refractivity contribution is 5.91. The number of fused-ring (bicyclic) bond motifs is 5. The summed E-state index contributed by atoms with van der Waals surface area (Å²) in [6.45, 7) is 5.58. The summed E-state index contributed by atoms with van der Waals surface area (Å²) in [5.74, 6) is 0.600. The van der Waals surface area contributed by atoms with Gasteiger partial charge in [-0.25, -0.2) is 0 Å². The van der Waals surface area contributed by atoms with Crippen LogP contribution in [0.3, 0.4) is 0 Å². The number of ketones is 2. The number of allylic oxidation sites excluding steroid dienone is 1. The maximum Gasteiger partial charge on any atom is 0.303 e. The van der Waals surface area contributed by atoms with Crippen LogP contribution >= 0.6 is 0 Å². The first kappa shape index (κ1) is 19.8. The molecule has 0 radical (unpaired) electrons. The van der Waals surface area contributed by atoms with Crippen LogP contribution in [0.15, 0.2) is 11.6 Å². The summed E-state index contributed by atoms with van der Waals surface area (Å²) < 4.78 is 4.98. The predicted molar refractivity (Wildman–Crippen MR) is 103 cm³/mol. The van der Waals surface area contributed by atoms with Gasteiger partial charge < -0.3 is 9.84 Å². The SMILES string of the molecule is CC(=O)OCC(=O)[C@@H]1CC[C@@H]2[C@@H]3CCC4=CC(=O)CC[C@]4(C)[C@@H]3[C@@H](O)C[C@]21C. The molecule has 0 aromatic heterocycles. The van der Waals surface area contributed by atoms with Crippen LogP contribution in [0.25, 0.3) is 0 Å². The first-order valence-electron chi connectivity index (χ1n) is 10.7. The van der Waals surface area contributed by atoms with Crippen molar-refractivity contribution in [2.75, 3.05) is 6.61 Å². The van der Waals surface area contributed by atoms with Gasteiger partial charge in [-0.3, -0.25) is 14.4 Å². The maximum atomic E-state index is 12.8. The molecule has 3 fully saturated rings. The molecule has 0 spiro atoms. The fourth-order valence-electron chi connectivity index (χ4n) is 7.49. The van der Waals surface area contributed by atoms with E-state index in [1.807, 2.05) is 6.08 Å². The number of hydrogen-bond donors (Lipinski definition) is 1. The minimum atomic E-state index is -0.463. The molecule has 4 aliphatic rings. The Kier molecular flexibility index (Phi) is 4.80. The van der Waals surface area contributed by atoms with E-state index in [1.165, 1.54) is 12.5 Å². The lowest BCUT2D eigenvalue weighted by atomic mass is 9.46. The zero-order valence-electron chi connectivity index (χ0n) is 17.2. The van der Waals surface area contributed by atoms with E-state index >= 15 is 0 Å². The van der Waals surface area contributed by atoms with Crippen LogP contribution in [-0.2, 0) is 19.1 Å². The minimum absolute atomic E-state index is 0.00304. The molecule has 5 heteroatoms. The lowest BCUT2D eigenvalue weighted by Crippen LogP contribution is -2.57. The molecule has 3 saturated carbocycles. The average Bonchev–Trinajstić information content (AvgIpc) is 2.96. The van der Waals surface area contributed by atoms with Gasteiger partial charge in [0, 0.05) is 19.3 Å². The van der Waals surface area contributed by atoms with Crippen molar-refractivity contribution in [1.82, 2.24) is 0 Å². The van der Waals surface area contributed by atoms with E-state index in [0.717, 1.165) is 32.1 Å². The molecule has 0 aromatic carbocycles. The molecule has 28 heavy (non-hydrogen) atoms. The van der Waals surface area contributed by atoms with Crippen molar-refractivity contribution in [1.29, 1.82) is 0 Å². The molecule has 0 heterocycles. The number of hydrogen-bond acceptors (Lipinski definition) is 5. The van der Waals surface area contributed by atoms with E-state index < -0.39 is 12.1 Å². The maximum absolute atomic E-state index is 12.8. The Bertz CT molecular complexity index is 739. The topological polar surface area (TPSA) is 80.7 Å². The van der Waals surface area contributed by atoms with Crippen molar-refractivity contribution in [3.8, 4) is 0 Å². The van der Waals surface area contributed by atoms with Gasteiger partial charge in [-0.1, -0.05) is 19.4 Å². The van der Waals surface area contributed by atoms with Gasteiger partial charge in [-0.05, 0) is 73.2 Å². The van der Waals surface area contributed by atoms with Crippen LogP contribution in [0.1, 0.15) is 65.7 Å². The molecular weight excluding hydrogens is 356 g/mol. The van der Waals surface area contributed by atoms with Crippen LogP contribution < -0.4 is 0 Å². The molecular formula is C23H32O5. The van der Waals surface area contributed by atoms with E-state index in [2.05, 4.69) is 13.8 Å². The molecule has 4 rings (SSSR count). The van der Waals surface area contributed by atoms with Gasteiger partial charge in [-0.2, -0.15) is 0 Å². The van der Waals surface area contributed by atoms with Crippen LogP contribution in [0.5, 0.6) is 0 Å². The summed E-state index contributed by atoms with van der Waals surface area (Å²) in [6.07, 6.45) is 7.12. The van der Waals surface area contributed by atoms with E-state index in [4.69, 9.17) is 4.74 Å². The van der Waals surface area contributed by atoms with Gasteiger partial charge in [0.25, 0.3) is 0 Å². The number of aliphatic hydroxyl groups excluding tert-OH is 1. The van der Waals surface area contributed by atoms with Gasteiger partial charge >= 0.3 is 5.97 Å². The first-order chi connectivity index (χ1) is 13.2. The number of carbonyl (C=O) groups is 3. The quantitative estimate of drug-likeness (QED) is 0.751. The Labute approximate surface area is 166 Å². The van der Waals surface area contributed by atoms with E-state index in [1.54, 1.807) is 0 Å². The number of aliphatic hydroxyl groups is 1. The summed E-state index contributed by atoms with van der Waals surface area (Å²) in [5.41, 5.74) is 0.894. The monoisotopic (exact) mass is 388 g/mol. The Morgan fingerprint density at radius 2 is 1.96 bits per heavy atom. The standard InChI is InChI=1S/C23H32O5/c1-13(24)28-12-20(27)18-7-6-17-16-5-4-14-10-15(25)8-9-22(14,2)21(16)19(26)11-23(17,18)3/h10,16-19,21,26H,4-9,11-12H2,1-3H3/t16-,17+,18-,19-,21-,22-,23+/m0/s1. The second-order valence-electron chi connectivity index (χ2n) is 10.0. The first-order valence-corrected chi connectivity index (χ1v) is 10.7. The number of rotatable bonds is 3. The highest BCUT2D eigenvalue weighted by Gasteiger charge is 2.62. The molecule has 0 bridgehead atoms. The zero-order chi connectivity index (χ0) is 20.3. The van der Waals surface area contributed by atoms with Crippen molar-refractivity contribution in [3.05, 3.63) is 11.6 Å². The van der Waals surface area contributed by atoms with Crippen molar-refractivity contribution < 1.29 is 24.2 Å². The molecule has 0 aromatic rings. The fraction of sp³-hybridized carbons (Fsp3) is 0.783. The van der Waals surface area contributed by atoms with Gasteiger partial charge in [0.1, 0.15) is 6.61 Å². The van der Waals surface area contributed by atoms with Crippen LogP contribution in [0, 0.1) is 34.5 Å². The third kappa shape index (κ3) is 2.89. The van der Waals surface area contributed by atoms with E-state index in [-0.39, 0.29) is 40.8 Å². The average molecular weight is 389 g/mol. The molecule has 0 saturated heterocycles. The van der Waals surface area contributed by atoms with Crippen molar-refractivity contribution in [2.45, 2.75) is 71.8 Å². The number of Topliss-reactive ketones (excluding diaryl/α,β-unsaturated/α-hetero) is 1. The summed E-state index contributed by atoms with van der Waals surface area (Å²) in [7, 11) is 0. The summed E-state index contributed by atoms with van der Waals surface area (Å²) in [6, 6.07) is 0. The Balaban J connectivity index is 1.61. The number of carbonyl (C=O) groups excluding carboxylic acids is 3. The predicted octanol–water partition coefficient (Wildman–Crippen LogP) is 3.24. The van der Waals surface area contributed by atoms with Crippen molar-refractivity contribution in [3.63, 3.8) is 0 Å². The Hall–Kier alpha value is -1.49. The van der Waals surface area contributed by atoms with Gasteiger partial charge in [0.15, 0.2) is 11.6 Å². The van der Waals surface area contributed by atoms with E-state index in [0.29, 0.717) is 24.7 Å². The highest BCUT2D eigenvalue weighted by atomic mass is 16.5. The van der Waals surface area contributed by atoms with Crippen molar-refractivity contribution >= 4 is 17.5 Å². The molecule has 4 aliphatic carbocycles. The second-order valence-corrected chi connectivity index (χ2v) is 10.0. The number of ether oxygens (including phenoxy) is 1. The normalized spacial score (nSPS) is 44.8. The highest BCUT2D eigenvalue weighted by Crippen LogP contribution is 2.66. The lowest BCUT2D eigenvalue weighted by molar-refractivity contribution is -0.154. The van der Waals surface area contributed by atoms with Crippen LogP contribution in [-0.4, -0.2) is 35.4 Å². The molecule has 5 nitrogen and oxygen atoms in total. The second kappa shape index (κ2) is 6.79. The summed E-state index contributed by atoms with van der Waals surface area (Å²) >= 11 is 0. The third-order valence-electron chi connectivity index (χ3n) is 8.70. The lowest BCUT2D eigenvalue weighted by Gasteiger charge is -2.59. The molecule has 1 N–H and O–H groups in total. The summed E-state index contributed by atoms with van der Waals surface area (Å²) in [5, 5.41) is 11.3. The molecule has 0 unspecified atom stereocenters. The minimum Gasteiger partial charge on any atom is -0.458 e. The molecule has 0 amide bonds. The van der Waals surface area contributed by atoms with Gasteiger partial charge in [0.05, 0.1) is 6.10 Å². The van der Waals surface area contributed by atoms with Gasteiger partial charge in [0.2, 0.25) is 0 Å². The Morgan fingerprint density at radius 1 is 1.21 bits per heavy atom. The van der Waals surface area contributed by atoms with Crippen molar-refractivity contribution in [2.24, 2.45) is 34.5 Å². The zero-order valence-corrected chi connectivity index (χ0v) is 17.2. The largest absolute Gasteiger partial charge is 0.458 e. The smallest absolute Gasteiger partial charge is 0.303 e. The Morgan fingerprint density at radius 3 is 2.68 bits per heavy atom. The van der Waals surface area contributed by atoms with Crippen LogP contribution in [0.4, 0.5) is 0 Å². The van der Waals surface area contributed by atoms with E-state index in [9.17, 15) is 19.5 Å². The molecule has 154 valence electrons. The molecule has 7 atom stereocenters. The third-order valence-corrected chi connectivity index (χ3v) is 8.70. The molecule has 0 aliphatic heterocycles. The van der Waals surface area contributed by atoms with Gasteiger partial charge in [-0.15, -0.1) is 0 Å². The van der Waals surface area contributed by atoms with Crippen LogP contribution in [0.2, 0.25) is 0 Å². The number of esters is 1. The summed E-state index contributed by atoms with van der Waals surface area (Å²) in [4.78, 5) is 35.9. The fourth-order valence-corrected chi connectivity index (χ4v) is 7.49.